The number of amides is 1. The van der Waals surface area contributed by atoms with Crippen molar-refractivity contribution in [2.45, 2.75) is 54.6 Å². The first kappa shape index (κ1) is 20.9. The lowest BCUT2D eigenvalue weighted by atomic mass is 9.84. The summed E-state index contributed by atoms with van der Waals surface area (Å²) in [7, 11) is -3.46. The molecule has 1 amide bonds. The number of carbonyl (C=O) groups excluding carboxylic acids is 1. The number of anilines is 1. The van der Waals surface area contributed by atoms with Crippen molar-refractivity contribution < 1.29 is 17.9 Å². The fraction of sp³-hybridized carbons (Fsp3) is 0.500. The summed E-state index contributed by atoms with van der Waals surface area (Å²) in [5, 5.41) is 2.49. The van der Waals surface area contributed by atoms with E-state index in [0.717, 1.165) is 19.3 Å². The van der Waals surface area contributed by atoms with Crippen LogP contribution in [0.4, 0.5) is 5.82 Å². The van der Waals surface area contributed by atoms with Crippen LogP contribution in [0.2, 0.25) is 0 Å². The molecule has 2 aromatic rings. The van der Waals surface area contributed by atoms with Crippen molar-refractivity contribution in [3.8, 4) is 0 Å². The first-order chi connectivity index (χ1) is 14.6. The zero-order valence-corrected chi connectivity index (χ0v) is 17.7. The first-order valence-electron chi connectivity index (χ1n) is 10.5. The molecule has 1 saturated heterocycles. The molecule has 7 nitrogen and oxygen atoms in total. The van der Waals surface area contributed by atoms with E-state index in [1.54, 1.807) is 18.2 Å². The molecule has 2 aliphatic rings. The van der Waals surface area contributed by atoms with Crippen molar-refractivity contribution in [1.82, 2.24) is 9.97 Å². The second-order valence-corrected chi connectivity index (χ2v) is 10.3. The number of carbonyl (C=O) groups is 1. The van der Waals surface area contributed by atoms with Crippen molar-refractivity contribution in [3.63, 3.8) is 0 Å². The molecule has 0 bridgehead atoms. The maximum atomic E-state index is 13.3. The highest BCUT2D eigenvalue weighted by Crippen LogP contribution is 2.38. The lowest BCUT2D eigenvalue weighted by Crippen LogP contribution is -2.31. The Hall–Kier alpha value is -2.32. The van der Waals surface area contributed by atoms with E-state index in [2.05, 4.69) is 15.3 Å². The van der Waals surface area contributed by atoms with Crippen LogP contribution in [0.5, 0.6) is 0 Å². The number of aromatic nitrogens is 2. The first-order valence-corrected chi connectivity index (χ1v) is 12.1. The Kier molecular flexibility index (Phi) is 6.43. The quantitative estimate of drug-likeness (QED) is 0.725. The smallest absolute Gasteiger partial charge is 0.233 e. The van der Waals surface area contributed by atoms with Gasteiger partial charge in [-0.25, -0.2) is 13.4 Å². The SMILES string of the molecule is O=C(Nc1cnccn1)[C@H](CC1CCOCC1)c1ccccc1S(=O)(=O)C1CCC1. The third kappa shape index (κ3) is 4.54. The second kappa shape index (κ2) is 9.22. The topological polar surface area (TPSA) is 98.2 Å². The highest BCUT2D eigenvalue weighted by atomic mass is 32.2. The van der Waals surface area contributed by atoms with Gasteiger partial charge in [-0.1, -0.05) is 24.6 Å². The molecule has 1 aliphatic carbocycles. The summed E-state index contributed by atoms with van der Waals surface area (Å²) in [6.45, 7) is 1.34. The van der Waals surface area contributed by atoms with Gasteiger partial charge < -0.3 is 10.1 Å². The molecule has 160 valence electrons. The van der Waals surface area contributed by atoms with Crippen LogP contribution in [0, 0.1) is 5.92 Å². The molecule has 1 aliphatic heterocycles. The Balaban J connectivity index is 1.67. The zero-order chi connectivity index (χ0) is 21.0. The molecule has 0 radical (unpaired) electrons. The number of hydrogen-bond acceptors (Lipinski definition) is 6. The predicted molar refractivity (Wildman–Crippen MR) is 113 cm³/mol. The van der Waals surface area contributed by atoms with E-state index in [9.17, 15) is 13.2 Å². The summed E-state index contributed by atoms with van der Waals surface area (Å²) in [5.74, 6) is -0.172. The Labute approximate surface area is 177 Å². The summed E-state index contributed by atoms with van der Waals surface area (Å²) >= 11 is 0. The fourth-order valence-corrected chi connectivity index (χ4v) is 6.28. The number of sulfone groups is 1. The standard InChI is InChI=1S/C22H27N3O4S/c26-22(25-21-15-23-10-11-24-21)19(14-16-8-12-29-13-9-16)18-6-1-2-7-20(18)30(27,28)17-4-3-5-17/h1-2,6-7,10-11,15-17,19H,3-5,8-9,12-14H2,(H,24,25,26)/t19-/m1/s1. The van der Waals surface area contributed by atoms with Gasteiger partial charge in [0.25, 0.3) is 0 Å². The van der Waals surface area contributed by atoms with Gasteiger partial charge in [-0.05, 0) is 49.7 Å². The highest BCUT2D eigenvalue weighted by Gasteiger charge is 2.37. The van der Waals surface area contributed by atoms with Gasteiger partial charge in [-0.2, -0.15) is 0 Å². The van der Waals surface area contributed by atoms with Gasteiger partial charge in [0, 0.05) is 25.6 Å². The average Bonchev–Trinajstić information content (AvgIpc) is 2.72. The molecule has 30 heavy (non-hydrogen) atoms. The Morgan fingerprint density at radius 2 is 1.90 bits per heavy atom. The maximum absolute atomic E-state index is 13.3. The lowest BCUT2D eigenvalue weighted by molar-refractivity contribution is -0.118. The van der Waals surface area contributed by atoms with E-state index in [-0.39, 0.29) is 11.2 Å². The molecular weight excluding hydrogens is 402 g/mol. The molecule has 0 unspecified atom stereocenters. The van der Waals surface area contributed by atoms with Gasteiger partial charge in [-0.15, -0.1) is 0 Å². The molecule has 1 saturated carbocycles. The summed E-state index contributed by atoms with van der Waals surface area (Å²) < 4.78 is 31.9. The van der Waals surface area contributed by atoms with Crippen molar-refractivity contribution in [1.29, 1.82) is 0 Å². The minimum atomic E-state index is -3.46. The molecule has 1 atom stereocenters. The van der Waals surface area contributed by atoms with Gasteiger partial charge in [0.1, 0.15) is 0 Å². The Morgan fingerprint density at radius 1 is 1.13 bits per heavy atom. The summed E-state index contributed by atoms with van der Waals surface area (Å²) in [6, 6.07) is 6.98. The normalized spacial score (nSPS) is 19.1. The number of nitrogens with zero attached hydrogens (tertiary/aromatic N) is 2. The Bertz CT molecular complexity index is 971. The number of ether oxygens (including phenoxy) is 1. The average molecular weight is 430 g/mol. The van der Waals surface area contributed by atoms with Gasteiger partial charge in [0.15, 0.2) is 15.7 Å². The van der Waals surface area contributed by atoms with Crippen LogP contribution in [-0.2, 0) is 19.4 Å². The van der Waals surface area contributed by atoms with E-state index in [1.165, 1.54) is 18.6 Å². The summed E-state index contributed by atoms with van der Waals surface area (Å²) in [5.41, 5.74) is 0.581. The molecule has 0 spiro atoms. The van der Waals surface area contributed by atoms with Gasteiger partial charge in [-0.3, -0.25) is 9.78 Å². The van der Waals surface area contributed by atoms with Gasteiger partial charge in [0.05, 0.1) is 22.3 Å². The lowest BCUT2D eigenvalue weighted by Gasteiger charge is -2.30. The summed E-state index contributed by atoms with van der Waals surface area (Å²) in [6.07, 6.45) is 9.16. The van der Waals surface area contributed by atoms with Crippen molar-refractivity contribution >= 4 is 21.6 Å². The van der Waals surface area contributed by atoms with Crippen LogP contribution in [0.1, 0.15) is 50.0 Å². The number of nitrogens with one attached hydrogen (secondary N) is 1. The number of hydrogen-bond donors (Lipinski definition) is 1. The molecule has 4 rings (SSSR count). The van der Waals surface area contributed by atoms with Crippen LogP contribution < -0.4 is 5.32 Å². The van der Waals surface area contributed by atoms with Gasteiger partial charge >= 0.3 is 0 Å². The molecular formula is C22H27N3O4S. The Morgan fingerprint density at radius 3 is 2.57 bits per heavy atom. The van der Waals surface area contributed by atoms with Crippen LogP contribution in [0.25, 0.3) is 0 Å². The monoisotopic (exact) mass is 429 g/mol. The van der Waals surface area contributed by atoms with E-state index >= 15 is 0 Å². The molecule has 2 fully saturated rings. The molecule has 1 aromatic heterocycles. The number of benzene rings is 1. The largest absolute Gasteiger partial charge is 0.381 e. The van der Waals surface area contributed by atoms with Crippen LogP contribution in [0.15, 0.2) is 47.8 Å². The van der Waals surface area contributed by atoms with Crippen LogP contribution in [-0.4, -0.2) is 42.8 Å². The van der Waals surface area contributed by atoms with Crippen molar-refractivity contribution in [3.05, 3.63) is 48.4 Å². The molecule has 1 N–H and O–H groups in total. The third-order valence-electron chi connectivity index (χ3n) is 6.13. The van der Waals surface area contributed by atoms with E-state index in [0.29, 0.717) is 54.7 Å². The third-order valence-corrected chi connectivity index (χ3v) is 8.47. The van der Waals surface area contributed by atoms with Crippen LogP contribution >= 0.6 is 0 Å². The molecule has 1 aromatic carbocycles. The van der Waals surface area contributed by atoms with Crippen molar-refractivity contribution in [2.24, 2.45) is 5.92 Å². The highest BCUT2D eigenvalue weighted by molar-refractivity contribution is 7.92. The predicted octanol–water partition coefficient (Wildman–Crippen LogP) is 3.34. The van der Waals surface area contributed by atoms with E-state index in [1.807, 2.05) is 6.07 Å². The minimum absolute atomic E-state index is 0.252. The van der Waals surface area contributed by atoms with Crippen LogP contribution in [0.3, 0.4) is 0 Å². The minimum Gasteiger partial charge on any atom is -0.381 e. The number of rotatable bonds is 7. The van der Waals surface area contributed by atoms with Crippen molar-refractivity contribution in [2.75, 3.05) is 18.5 Å². The van der Waals surface area contributed by atoms with Gasteiger partial charge in [0.2, 0.25) is 5.91 Å². The van der Waals surface area contributed by atoms with E-state index < -0.39 is 15.8 Å². The maximum Gasteiger partial charge on any atom is 0.233 e. The summed E-state index contributed by atoms with van der Waals surface area (Å²) in [4.78, 5) is 21.7. The molecule has 8 heteroatoms. The zero-order valence-electron chi connectivity index (χ0n) is 16.9. The second-order valence-electron chi connectivity index (χ2n) is 8.06. The molecule has 2 heterocycles. The van der Waals surface area contributed by atoms with E-state index in [4.69, 9.17) is 4.74 Å². The fourth-order valence-electron chi connectivity index (χ4n) is 4.16.